The van der Waals surface area contributed by atoms with Crippen LogP contribution in [-0.2, 0) is 9.59 Å². The van der Waals surface area contributed by atoms with E-state index in [0.29, 0.717) is 17.1 Å². The number of aliphatic carboxylic acids is 1. The number of nitrogens with one attached hydrogen (secondary N) is 2. The minimum atomic E-state index is -5.08. The molecule has 2 rings (SSSR count). The van der Waals surface area contributed by atoms with Gasteiger partial charge in [0.25, 0.3) is 0 Å². The molecule has 0 bridgehead atoms. The molecule has 1 aliphatic rings. The molecular weight excluding hydrogens is 361 g/mol. The SMILES string of the molecule is Cc1csc(NC(=O)CN2CCNCC2)c1C#N.O=C(O)C(F)(F)F. The van der Waals surface area contributed by atoms with Crippen LogP contribution >= 0.6 is 11.3 Å². The van der Waals surface area contributed by atoms with E-state index < -0.39 is 12.1 Å². The maximum Gasteiger partial charge on any atom is 0.490 e. The summed E-state index contributed by atoms with van der Waals surface area (Å²) in [6.45, 7) is 5.90. The third-order valence-electron chi connectivity index (χ3n) is 3.16. The van der Waals surface area contributed by atoms with Crippen molar-refractivity contribution in [3.8, 4) is 6.07 Å². The van der Waals surface area contributed by atoms with E-state index in [1.54, 1.807) is 0 Å². The number of halogens is 3. The summed E-state index contributed by atoms with van der Waals surface area (Å²) in [5.41, 5.74) is 1.49. The van der Waals surface area contributed by atoms with Gasteiger partial charge in [-0.2, -0.15) is 18.4 Å². The number of carbonyl (C=O) groups is 2. The number of nitrogens with zero attached hydrogens (tertiary/aromatic N) is 2. The smallest absolute Gasteiger partial charge is 0.475 e. The van der Waals surface area contributed by atoms with Crippen LogP contribution in [0.3, 0.4) is 0 Å². The van der Waals surface area contributed by atoms with E-state index >= 15 is 0 Å². The third kappa shape index (κ3) is 7.08. The van der Waals surface area contributed by atoms with E-state index in [1.807, 2.05) is 12.3 Å². The summed E-state index contributed by atoms with van der Waals surface area (Å²) in [6.07, 6.45) is -5.08. The topological polar surface area (TPSA) is 105 Å². The van der Waals surface area contributed by atoms with Crippen LogP contribution < -0.4 is 10.6 Å². The van der Waals surface area contributed by atoms with E-state index in [2.05, 4.69) is 21.6 Å². The first kappa shape index (κ1) is 20.9. The van der Waals surface area contributed by atoms with Crippen molar-refractivity contribution in [3.05, 3.63) is 16.5 Å². The Bertz CT molecular complexity index is 649. The monoisotopic (exact) mass is 378 g/mol. The number of thiophene rings is 1. The van der Waals surface area contributed by atoms with E-state index in [-0.39, 0.29) is 5.91 Å². The second-order valence-electron chi connectivity index (χ2n) is 5.11. The number of piperazine rings is 1. The second kappa shape index (κ2) is 9.36. The van der Waals surface area contributed by atoms with Gasteiger partial charge in [0.2, 0.25) is 5.91 Å². The Morgan fingerprint density at radius 3 is 2.48 bits per heavy atom. The number of hydrogen-bond donors (Lipinski definition) is 3. The van der Waals surface area contributed by atoms with Crippen molar-refractivity contribution in [3.63, 3.8) is 0 Å². The predicted octanol–water partition coefficient (Wildman–Crippen LogP) is 1.41. The molecule has 1 saturated heterocycles. The van der Waals surface area contributed by atoms with E-state index in [1.165, 1.54) is 11.3 Å². The van der Waals surface area contributed by atoms with Crippen molar-refractivity contribution < 1.29 is 27.9 Å². The minimum Gasteiger partial charge on any atom is -0.475 e. The van der Waals surface area contributed by atoms with Crippen molar-refractivity contribution >= 4 is 28.2 Å². The van der Waals surface area contributed by atoms with Gasteiger partial charge in [-0.15, -0.1) is 11.3 Å². The fourth-order valence-corrected chi connectivity index (χ4v) is 2.82. The van der Waals surface area contributed by atoms with Gasteiger partial charge in [0.15, 0.2) is 0 Å². The Labute approximate surface area is 146 Å². The lowest BCUT2D eigenvalue weighted by atomic mass is 10.2. The molecule has 0 radical (unpaired) electrons. The van der Waals surface area contributed by atoms with Crippen LogP contribution in [0.5, 0.6) is 0 Å². The highest BCUT2D eigenvalue weighted by Gasteiger charge is 2.38. The Morgan fingerprint density at radius 2 is 2.00 bits per heavy atom. The number of anilines is 1. The van der Waals surface area contributed by atoms with Gasteiger partial charge in [0.1, 0.15) is 11.1 Å². The van der Waals surface area contributed by atoms with Crippen LogP contribution in [0.1, 0.15) is 11.1 Å². The predicted molar refractivity (Wildman–Crippen MR) is 85.4 cm³/mol. The Hall–Kier alpha value is -2.16. The lowest BCUT2D eigenvalue weighted by Crippen LogP contribution is -2.46. The number of carboxylic acids is 1. The summed E-state index contributed by atoms with van der Waals surface area (Å²) in [6, 6.07) is 2.12. The van der Waals surface area contributed by atoms with Gasteiger partial charge in [-0.1, -0.05) is 0 Å². The van der Waals surface area contributed by atoms with Gasteiger partial charge in [0, 0.05) is 26.2 Å². The molecule has 0 aromatic carbocycles. The van der Waals surface area contributed by atoms with Crippen LogP contribution in [-0.4, -0.2) is 60.8 Å². The first-order valence-corrected chi connectivity index (χ1v) is 8.04. The third-order valence-corrected chi connectivity index (χ3v) is 4.17. The zero-order valence-electron chi connectivity index (χ0n) is 13.3. The summed E-state index contributed by atoms with van der Waals surface area (Å²) in [4.78, 5) is 22.9. The molecule has 11 heteroatoms. The van der Waals surface area contributed by atoms with E-state index in [0.717, 1.165) is 31.7 Å². The van der Waals surface area contributed by atoms with Gasteiger partial charge in [-0.25, -0.2) is 4.79 Å². The summed E-state index contributed by atoms with van der Waals surface area (Å²) >= 11 is 1.41. The highest BCUT2D eigenvalue weighted by molar-refractivity contribution is 7.14. The molecule has 0 saturated carbocycles. The fourth-order valence-electron chi connectivity index (χ4n) is 1.91. The maximum atomic E-state index is 11.9. The maximum absolute atomic E-state index is 11.9. The first-order chi connectivity index (χ1) is 11.6. The Kier molecular flexibility index (Phi) is 7.82. The molecule has 1 aliphatic heterocycles. The minimum absolute atomic E-state index is 0.0461. The van der Waals surface area contributed by atoms with Crippen molar-refractivity contribution in [1.82, 2.24) is 10.2 Å². The summed E-state index contributed by atoms with van der Waals surface area (Å²) < 4.78 is 31.7. The lowest BCUT2D eigenvalue weighted by molar-refractivity contribution is -0.192. The van der Waals surface area contributed by atoms with Gasteiger partial charge < -0.3 is 15.7 Å². The first-order valence-electron chi connectivity index (χ1n) is 7.16. The number of rotatable bonds is 3. The summed E-state index contributed by atoms with van der Waals surface area (Å²) in [7, 11) is 0. The van der Waals surface area contributed by atoms with Gasteiger partial charge in [-0.3, -0.25) is 9.69 Å². The van der Waals surface area contributed by atoms with Crippen LogP contribution in [0.25, 0.3) is 0 Å². The molecule has 25 heavy (non-hydrogen) atoms. The zero-order chi connectivity index (χ0) is 19.0. The molecule has 0 aliphatic carbocycles. The van der Waals surface area contributed by atoms with E-state index in [4.69, 9.17) is 15.2 Å². The van der Waals surface area contributed by atoms with Crippen LogP contribution in [0.4, 0.5) is 18.2 Å². The molecule has 1 fully saturated rings. The highest BCUT2D eigenvalue weighted by atomic mass is 32.1. The lowest BCUT2D eigenvalue weighted by Gasteiger charge is -2.26. The average Bonchev–Trinajstić information content (AvgIpc) is 2.87. The molecule has 0 unspecified atom stereocenters. The van der Waals surface area contributed by atoms with Crippen molar-refractivity contribution in [2.75, 3.05) is 38.0 Å². The van der Waals surface area contributed by atoms with Crippen LogP contribution in [0.15, 0.2) is 5.38 Å². The molecule has 1 aromatic rings. The summed E-state index contributed by atoms with van der Waals surface area (Å²) in [5.74, 6) is -2.80. The van der Waals surface area contributed by atoms with Crippen molar-refractivity contribution in [2.45, 2.75) is 13.1 Å². The van der Waals surface area contributed by atoms with E-state index in [9.17, 15) is 18.0 Å². The molecular formula is C14H17F3N4O3S. The molecule has 0 atom stereocenters. The van der Waals surface area contributed by atoms with Crippen LogP contribution in [0.2, 0.25) is 0 Å². The largest absolute Gasteiger partial charge is 0.490 e. The number of carbonyl (C=O) groups excluding carboxylic acids is 1. The zero-order valence-corrected chi connectivity index (χ0v) is 14.1. The van der Waals surface area contributed by atoms with Crippen LogP contribution in [0, 0.1) is 18.3 Å². The Morgan fingerprint density at radius 1 is 1.44 bits per heavy atom. The summed E-state index contributed by atoms with van der Waals surface area (Å²) in [5, 5.41) is 24.8. The number of carboxylic acid groups (broad SMARTS) is 1. The molecule has 1 amide bonds. The van der Waals surface area contributed by atoms with Crippen molar-refractivity contribution in [1.29, 1.82) is 5.26 Å². The number of alkyl halides is 3. The normalized spacial score (nSPS) is 14.8. The molecule has 7 nitrogen and oxygen atoms in total. The molecule has 2 heterocycles. The molecule has 0 spiro atoms. The number of nitriles is 1. The second-order valence-corrected chi connectivity index (χ2v) is 5.99. The Balaban J connectivity index is 0.000000381. The quantitative estimate of drug-likeness (QED) is 0.734. The number of hydrogen-bond acceptors (Lipinski definition) is 6. The van der Waals surface area contributed by atoms with Gasteiger partial charge >= 0.3 is 12.1 Å². The average molecular weight is 378 g/mol. The standard InChI is InChI=1S/C12H16N4OS.C2HF3O2/c1-9-8-18-12(10(9)6-13)15-11(17)7-16-4-2-14-3-5-16;3-2(4,5)1(6)7/h8,14H,2-5,7H2,1H3,(H,15,17);(H,6,7). The number of aryl methyl sites for hydroxylation is 1. The fraction of sp³-hybridized carbons (Fsp3) is 0.500. The molecule has 138 valence electrons. The molecule has 3 N–H and O–H groups in total. The van der Waals surface area contributed by atoms with Crippen molar-refractivity contribution in [2.24, 2.45) is 0 Å². The number of amides is 1. The molecule has 1 aromatic heterocycles. The van der Waals surface area contributed by atoms with Gasteiger partial charge in [-0.05, 0) is 17.9 Å². The highest BCUT2D eigenvalue weighted by Crippen LogP contribution is 2.26. The van der Waals surface area contributed by atoms with Gasteiger partial charge in [0.05, 0.1) is 12.1 Å².